The fourth-order valence-corrected chi connectivity index (χ4v) is 4.77. The molecule has 3 aromatic rings. The molecule has 8 heteroatoms. The molecule has 0 atom stereocenters. The average molecular weight is 455 g/mol. The van der Waals surface area contributed by atoms with Gasteiger partial charge in [-0.1, -0.05) is 30.3 Å². The van der Waals surface area contributed by atoms with Gasteiger partial charge < -0.3 is 14.8 Å². The molecule has 0 spiro atoms. The minimum absolute atomic E-state index is 0.111. The van der Waals surface area contributed by atoms with E-state index >= 15 is 0 Å². The van der Waals surface area contributed by atoms with E-state index in [0.717, 1.165) is 15.4 Å². The zero-order chi connectivity index (χ0) is 23.3. The zero-order valence-corrected chi connectivity index (χ0v) is 19.3. The Morgan fingerprint density at radius 1 is 0.906 bits per heavy atom. The number of hydrogen-bond acceptors (Lipinski definition) is 5. The number of ether oxygens (including phenoxy) is 2. The standard InChI is InChI=1S/C24H26N2O5S/c1-17-9-8-12-21(18(17)2)26(32(28,29)20-10-6-5-7-11-20)16-24(27)25-19-13-14-22(30-3)23(15-19)31-4/h5-15H,16H2,1-4H3,(H,25,27). The second-order valence-electron chi connectivity index (χ2n) is 7.16. The molecule has 0 saturated carbocycles. The quantitative estimate of drug-likeness (QED) is 0.553. The van der Waals surface area contributed by atoms with Gasteiger partial charge in [0.15, 0.2) is 11.5 Å². The molecular formula is C24H26N2O5S. The van der Waals surface area contributed by atoms with E-state index in [4.69, 9.17) is 9.47 Å². The van der Waals surface area contributed by atoms with Crippen LogP contribution in [0.5, 0.6) is 11.5 Å². The summed E-state index contributed by atoms with van der Waals surface area (Å²) in [6.45, 7) is 3.34. The highest BCUT2D eigenvalue weighted by Gasteiger charge is 2.28. The van der Waals surface area contributed by atoms with Crippen molar-refractivity contribution in [1.82, 2.24) is 0 Å². The van der Waals surface area contributed by atoms with Gasteiger partial charge in [0.1, 0.15) is 6.54 Å². The van der Waals surface area contributed by atoms with Crippen LogP contribution >= 0.6 is 0 Å². The van der Waals surface area contributed by atoms with Crippen LogP contribution in [0, 0.1) is 13.8 Å². The number of benzene rings is 3. The van der Waals surface area contributed by atoms with Gasteiger partial charge in [-0.25, -0.2) is 8.42 Å². The highest BCUT2D eigenvalue weighted by Crippen LogP contribution is 2.31. The van der Waals surface area contributed by atoms with Gasteiger partial charge in [-0.05, 0) is 55.3 Å². The summed E-state index contributed by atoms with van der Waals surface area (Å²) in [4.78, 5) is 13.0. The third kappa shape index (κ3) is 4.86. The third-order valence-electron chi connectivity index (χ3n) is 5.13. The number of rotatable bonds is 8. The lowest BCUT2D eigenvalue weighted by Gasteiger charge is -2.26. The van der Waals surface area contributed by atoms with Crippen molar-refractivity contribution in [1.29, 1.82) is 0 Å². The minimum Gasteiger partial charge on any atom is -0.493 e. The zero-order valence-electron chi connectivity index (χ0n) is 18.5. The second kappa shape index (κ2) is 9.74. The summed E-state index contributed by atoms with van der Waals surface area (Å²) in [5.41, 5.74) is 2.63. The molecule has 0 unspecified atom stereocenters. The summed E-state index contributed by atoms with van der Waals surface area (Å²) in [5.74, 6) is 0.486. The van der Waals surface area contributed by atoms with Crippen LogP contribution in [0.1, 0.15) is 11.1 Å². The van der Waals surface area contributed by atoms with Gasteiger partial charge >= 0.3 is 0 Å². The van der Waals surface area contributed by atoms with Crippen molar-refractivity contribution in [2.45, 2.75) is 18.7 Å². The molecular weight excluding hydrogens is 428 g/mol. The summed E-state index contributed by atoms with van der Waals surface area (Å²) in [6, 6.07) is 18.4. The molecule has 0 heterocycles. The number of sulfonamides is 1. The number of nitrogens with zero attached hydrogens (tertiary/aromatic N) is 1. The van der Waals surface area contributed by atoms with E-state index < -0.39 is 22.5 Å². The Labute approximate surface area is 188 Å². The number of aryl methyl sites for hydroxylation is 1. The number of nitrogens with one attached hydrogen (secondary N) is 1. The highest BCUT2D eigenvalue weighted by atomic mass is 32.2. The molecule has 0 fully saturated rings. The van der Waals surface area contributed by atoms with Crippen molar-refractivity contribution in [2.24, 2.45) is 0 Å². The molecule has 3 aromatic carbocycles. The number of carbonyl (C=O) groups is 1. The molecule has 1 amide bonds. The Balaban J connectivity index is 1.96. The summed E-state index contributed by atoms with van der Waals surface area (Å²) in [6.07, 6.45) is 0. The summed E-state index contributed by atoms with van der Waals surface area (Å²) >= 11 is 0. The van der Waals surface area contributed by atoms with E-state index in [1.807, 2.05) is 19.9 Å². The fraction of sp³-hybridized carbons (Fsp3) is 0.208. The van der Waals surface area contributed by atoms with Gasteiger partial charge in [-0.15, -0.1) is 0 Å². The van der Waals surface area contributed by atoms with Gasteiger partial charge in [-0.2, -0.15) is 0 Å². The third-order valence-corrected chi connectivity index (χ3v) is 6.90. The van der Waals surface area contributed by atoms with E-state index in [1.165, 1.54) is 26.4 Å². The first kappa shape index (κ1) is 23.1. The van der Waals surface area contributed by atoms with E-state index in [2.05, 4.69) is 5.32 Å². The summed E-state index contributed by atoms with van der Waals surface area (Å²) in [5, 5.41) is 2.75. The van der Waals surface area contributed by atoms with Crippen LogP contribution in [-0.4, -0.2) is 35.1 Å². The predicted molar refractivity (Wildman–Crippen MR) is 125 cm³/mol. The highest BCUT2D eigenvalue weighted by molar-refractivity contribution is 7.92. The monoisotopic (exact) mass is 454 g/mol. The smallest absolute Gasteiger partial charge is 0.264 e. The maximum Gasteiger partial charge on any atom is 0.264 e. The van der Waals surface area contributed by atoms with E-state index in [-0.39, 0.29) is 4.90 Å². The Kier molecular flexibility index (Phi) is 7.05. The lowest BCUT2D eigenvalue weighted by molar-refractivity contribution is -0.114. The van der Waals surface area contributed by atoms with Gasteiger partial charge in [0, 0.05) is 11.8 Å². The maximum atomic E-state index is 13.5. The summed E-state index contributed by atoms with van der Waals surface area (Å²) < 4.78 is 38.6. The number of carbonyl (C=O) groups excluding carboxylic acids is 1. The topological polar surface area (TPSA) is 84.9 Å². The molecule has 0 aliphatic carbocycles. The van der Waals surface area contributed by atoms with Crippen molar-refractivity contribution < 1.29 is 22.7 Å². The summed E-state index contributed by atoms with van der Waals surface area (Å²) in [7, 11) is -0.958. The number of hydrogen-bond donors (Lipinski definition) is 1. The molecule has 0 aliphatic rings. The molecule has 0 aromatic heterocycles. The van der Waals surface area contributed by atoms with Crippen LogP contribution in [0.25, 0.3) is 0 Å². The van der Waals surface area contributed by atoms with Crippen LogP contribution in [0.2, 0.25) is 0 Å². The molecule has 0 saturated heterocycles. The maximum absolute atomic E-state index is 13.5. The fourth-order valence-electron chi connectivity index (χ4n) is 3.27. The first-order valence-electron chi connectivity index (χ1n) is 9.94. The van der Waals surface area contributed by atoms with E-state index in [0.29, 0.717) is 22.9 Å². The second-order valence-corrected chi connectivity index (χ2v) is 9.02. The molecule has 1 N–H and O–H groups in total. The molecule has 0 aliphatic heterocycles. The molecule has 3 rings (SSSR count). The first-order valence-corrected chi connectivity index (χ1v) is 11.4. The van der Waals surface area contributed by atoms with E-state index in [1.54, 1.807) is 48.5 Å². The van der Waals surface area contributed by atoms with Gasteiger partial charge in [0.05, 0.1) is 24.8 Å². The first-order chi connectivity index (χ1) is 15.3. The SMILES string of the molecule is COc1ccc(NC(=O)CN(c2cccc(C)c2C)S(=O)(=O)c2ccccc2)cc1OC. The lowest BCUT2D eigenvalue weighted by atomic mass is 10.1. The van der Waals surface area contributed by atoms with Crippen LogP contribution in [0.3, 0.4) is 0 Å². The van der Waals surface area contributed by atoms with Crippen molar-refractivity contribution in [3.05, 3.63) is 77.9 Å². The van der Waals surface area contributed by atoms with Crippen molar-refractivity contribution in [3.63, 3.8) is 0 Å². The van der Waals surface area contributed by atoms with Crippen LogP contribution in [-0.2, 0) is 14.8 Å². The number of anilines is 2. The van der Waals surface area contributed by atoms with Crippen molar-refractivity contribution in [3.8, 4) is 11.5 Å². The average Bonchev–Trinajstić information content (AvgIpc) is 2.80. The molecule has 7 nitrogen and oxygen atoms in total. The van der Waals surface area contributed by atoms with E-state index in [9.17, 15) is 13.2 Å². The predicted octanol–water partition coefficient (Wildman–Crippen LogP) is 4.15. The largest absolute Gasteiger partial charge is 0.493 e. The minimum atomic E-state index is -3.98. The molecule has 32 heavy (non-hydrogen) atoms. The Bertz CT molecular complexity index is 1210. The Morgan fingerprint density at radius 3 is 2.25 bits per heavy atom. The number of methoxy groups -OCH3 is 2. The lowest BCUT2D eigenvalue weighted by Crippen LogP contribution is -2.38. The normalized spacial score (nSPS) is 11.0. The Hall–Kier alpha value is -3.52. The van der Waals surface area contributed by atoms with Gasteiger partial charge in [-0.3, -0.25) is 9.10 Å². The number of amides is 1. The van der Waals surface area contributed by atoms with Gasteiger partial charge in [0.2, 0.25) is 5.91 Å². The van der Waals surface area contributed by atoms with Crippen molar-refractivity contribution in [2.75, 3.05) is 30.4 Å². The van der Waals surface area contributed by atoms with Crippen molar-refractivity contribution >= 4 is 27.3 Å². The molecule has 0 radical (unpaired) electrons. The van der Waals surface area contributed by atoms with Gasteiger partial charge in [0.25, 0.3) is 10.0 Å². The molecule has 168 valence electrons. The van der Waals surface area contributed by atoms with Crippen LogP contribution in [0.4, 0.5) is 11.4 Å². The Morgan fingerprint density at radius 2 is 1.59 bits per heavy atom. The van der Waals surface area contributed by atoms with Crippen LogP contribution in [0.15, 0.2) is 71.6 Å². The van der Waals surface area contributed by atoms with Crippen LogP contribution < -0.4 is 19.1 Å². The molecule has 0 bridgehead atoms.